The Balaban J connectivity index is 1.41. The third kappa shape index (κ3) is 3.32. The molecular formula is C19H22N2O4. The van der Waals surface area contributed by atoms with Gasteiger partial charge in [0.05, 0.1) is 25.3 Å². The van der Waals surface area contributed by atoms with Gasteiger partial charge >= 0.3 is 0 Å². The molecule has 4 rings (SSSR count). The zero-order valence-corrected chi connectivity index (χ0v) is 14.4. The number of rotatable bonds is 3. The maximum atomic E-state index is 12.6. The molecule has 0 radical (unpaired) electrons. The minimum atomic E-state index is -0.457. The van der Waals surface area contributed by atoms with Crippen LogP contribution in [0.4, 0.5) is 0 Å². The standard InChI is InChI=1S/C19H22N2O4/c1-14-16(20-18(25-14)15-5-3-2-4-6-15)13-17(22)21-9-7-19(8-10-21)23-11-12-24-19/h2-6H,7-13H2,1H3. The molecule has 1 spiro atoms. The van der Waals surface area contributed by atoms with E-state index in [1.165, 1.54) is 0 Å². The molecule has 3 heterocycles. The van der Waals surface area contributed by atoms with Gasteiger partial charge in [0.15, 0.2) is 5.79 Å². The first-order valence-electron chi connectivity index (χ1n) is 8.73. The van der Waals surface area contributed by atoms with Crippen LogP contribution in [-0.2, 0) is 20.7 Å². The van der Waals surface area contributed by atoms with Crippen molar-refractivity contribution in [3.63, 3.8) is 0 Å². The van der Waals surface area contributed by atoms with Gasteiger partial charge in [-0.2, -0.15) is 0 Å². The lowest BCUT2D eigenvalue weighted by molar-refractivity contribution is -0.187. The molecule has 6 nitrogen and oxygen atoms in total. The summed E-state index contributed by atoms with van der Waals surface area (Å²) in [5, 5.41) is 0. The number of amides is 1. The van der Waals surface area contributed by atoms with Crippen molar-refractivity contribution < 1.29 is 18.7 Å². The number of ether oxygens (including phenoxy) is 2. The van der Waals surface area contributed by atoms with Crippen LogP contribution in [0.25, 0.3) is 11.5 Å². The summed E-state index contributed by atoms with van der Waals surface area (Å²) in [5.41, 5.74) is 1.62. The van der Waals surface area contributed by atoms with E-state index < -0.39 is 5.79 Å². The molecule has 1 amide bonds. The van der Waals surface area contributed by atoms with Gasteiger partial charge in [-0.1, -0.05) is 18.2 Å². The minimum Gasteiger partial charge on any atom is -0.441 e. The smallest absolute Gasteiger partial charge is 0.228 e. The number of oxazole rings is 1. The van der Waals surface area contributed by atoms with Gasteiger partial charge in [-0.15, -0.1) is 0 Å². The maximum absolute atomic E-state index is 12.6. The summed E-state index contributed by atoms with van der Waals surface area (Å²) < 4.78 is 17.2. The molecule has 1 aromatic carbocycles. The lowest BCUT2D eigenvalue weighted by Crippen LogP contribution is -2.47. The number of hydrogen-bond donors (Lipinski definition) is 0. The van der Waals surface area contributed by atoms with Crippen LogP contribution in [0.15, 0.2) is 34.7 Å². The van der Waals surface area contributed by atoms with Crippen molar-refractivity contribution in [2.24, 2.45) is 0 Å². The van der Waals surface area contributed by atoms with Crippen LogP contribution in [0, 0.1) is 6.92 Å². The average Bonchev–Trinajstić information content (AvgIpc) is 3.24. The Morgan fingerprint density at radius 2 is 1.84 bits per heavy atom. The number of likely N-dealkylation sites (tertiary alicyclic amines) is 1. The molecule has 2 aromatic rings. The first kappa shape index (κ1) is 16.3. The fraction of sp³-hybridized carbons (Fsp3) is 0.474. The minimum absolute atomic E-state index is 0.0730. The van der Waals surface area contributed by atoms with Gasteiger partial charge in [-0.25, -0.2) is 4.98 Å². The number of benzene rings is 1. The van der Waals surface area contributed by atoms with Crippen molar-refractivity contribution in [2.75, 3.05) is 26.3 Å². The third-order valence-electron chi connectivity index (χ3n) is 4.92. The number of carbonyl (C=O) groups is 1. The fourth-order valence-electron chi connectivity index (χ4n) is 3.43. The Labute approximate surface area is 146 Å². The van der Waals surface area contributed by atoms with E-state index in [0.717, 1.165) is 18.4 Å². The van der Waals surface area contributed by atoms with Crippen molar-refractivity contribution in [2.45, 2.75) is 32.0 Å². The second-order valence-corrected chi connectivity index (χ2v) is 6.55. The second-order valence-electron chi connectivity index (χ2n) is 6.55. The highest BCUT2D eigenvalue weighted by molar-refractivity contribution is 5.78. The Hall–Kier alpha value is -2.18. The van der Waals surface area contributed by atoms with Crippen LogP contribution in [0.1, 0.15) is 24.3 Å². The second kappa shape index (κ2) is 6.61. The number of piperidine rings is 1. The SMILES string of the molecule is Cc1oc(-c2ccccc2)nc1CC(=O)N1CCC2(CC1)OCCO2. The number of hydrogen-bond acceptors (Lipinski definition) is 5. The maximum Gasteiger partial charge on any atom is 0.228 e. The normalized spacial score (nSPS) is 19.5. The van der Waals surface area contributed by atoms with Crippen LogP contribution in [-0.4, -0.2) is 47.9 Å². The van der Waals surface area contributed by atoms with Gasteiger partial charge in [0, 0.05) is 31.5 Å². The highest BCUT2D eigenvalue weighted by atomic mass is 16.7. The van der Waals surface area contributed by atoms with Crippen molar-refractivity contribution in [1.29, 1.82) is 0 Å². The predicted octanol–water partition coefficient (Wildman–Crippen LogP) is 2.56. The molecule has 0 saturated carbocycles. The van der Waals surface area contributed by atoms with E-state index in [0.29, 0.717) is 43.6 Å². The summed E-state index contributed by atoms with van der Waals surface area (Å²) in [7, 11) is 0. The molecule has 0 N–H and O–H groups in total. The van der Waals surface area contributed by atoms with E-state index in [1.807, 2.05) is 42.2 Å². The molecule has 0 aliphatic carbocycles. The molecule has 2 fully saturated rings. The van der Waals surface area contributed by atoms with Crippen LogP contribution < -0.4 is 0 Å². The number of nitrogens with zero attached hydrogens (tertiary/aromatic N) is 2. The van der Waals surface area contributed by atoms with Gasteiger partial charge in [0.25, 0.3) is 0 Å². The Morgan fingerprint density at radius 1 is 1.16 bits per heavy atom. The van der Waals surface area contributed by atoms with Gasteiger partial charge in [-0.3, -0.25) is 4.79 Å². The Morgan fingerprint density at radius 3 is 2.52 bits per heavy atom. The molecule has 2 saturated heterocycles. The molecule has 25 heavy (non-hydrogen) atoms. The largest absolute Gasteiger partial charge is 0.441 e. The topological polar surface area (TPSA) is 64.8 Å². The van der Waals surface area contributed by atoms with Gasteiger partial charge < -0.3 is 18.8 Å². The summed E-state index contributed by atoms with van der Waals surface area (Å²) in [4.78, 5) is 19.0. The van der Waals surface area contributed by atoms with E-state index >= 15 is 0 Å². The summed E-state index contributed by atoms with van der Waals surface area (Å²) in [6, 6.07) is 9.72. The average molecular weight is 342 g/mol. The monoisotopic (exact) mass is 342 g/mol. The highest BCUT2D eigenvalue weighted by Crippen LogP contribution is 2.31. The lowest BCUT2D eigenvalue weighted by atomic mass is 10.0. The molecule has 132 valence electrons. The molecule has 6 heteroatoms. The van der Waals surface area contributed by atoms with E-state index in [9.17, 15) is 4.79 Å². The van der Waals surface area contributed by atoms with E-state index in [4.69, 9.17) is 13.9 Å². The molecular weight excluding hydrogens is 320 g/mol. The quantitative estimate of drug-likeness (QED) is 0.858. The molecule has 2 aliphatic rings. The lowest BCUT2D eigenvalue weighted by Gasteiger charge is -2.37. The van der Waals surface area contributed by atoms with Gasteiger partial charge in [0.2, 0.25) is 11.8 Å². The molecule has 0 atom stereocenters. The summed E-state index contributed by atoms with van der Waals surface area (Å²) >= 11 is 0. The van der Waals surface area contributed by atoms with Crippen LogP contribution in [0.2, 0.25) is 0 Å². The third-order valence-corrected chi connectivity index (χ3v) is 4.92. The number of aromatic nitrogens is 1. The Bertz CT molecular complexity index is 740. The van der Waals surface area contributed by atoms with Crippen molar-refractivity contribution in [3.05, 3.63) is 41.8 Å². The van der Waals surface area contributed by atoms with Crippen molar-refractivity contribution >= 4 is 5.91 Å². The summed E-state index contributed by atoms with van der Waals surface area (Å²) in [5.74, 6) is 0.874. The molecule has 2 aliphatic heterocycles. The molecule has 0 unspecified atom stereocenters. The zero-order chi connectivity index (χ0) is 17.3. The summed E-state index contributed by atoms with van der Waals surface area (Å²) in [6.45, 7) is 4.46. The number of carbonyl (C=O) groups excluding carboxylic acids is 1. The highest BCUT2D eigenvalue weighted by Gasteiger charge is 2.40. The number of aryl methyl sites for hydroxylation is 1. The molecule has 1 aromatic heterocycles. The molecule has 0 bridgehead atoms. The Kier molecular flexibility index (Phi) is 4.31. The van der Waals surface area contributed by atoms with Crippen LogP contribution >= 0.6 is 0 Å². The first-order chi connectivity index (χ1) is 12.2. The fourth-order valence-corrected chi connectivity index (χ4v) is 3.43. The van der Waals surface area contributed by atoms with E-state index in [2.05, 4.69) is 4.98 Å². The van der Waals surface area contributed by atoms with Crippen LogP contribution in [0.3, 0.4) is 0 Å². The zero-order valence-electron chi connectivity index (χ0n) is 14.4. The van der Waals surface area contributed by atoms with Gasteiger partial charge in [-0.05, 0) is 19.1 Å². The first-order valence-corrected chi connectivity index (χ1v) is 8.73. The van der Waals surface area contributed by atoms with E-state index in [1.54, 1.807) is 0 Å². The predicted molar refractivity (Wildman–Crippen MR) is 90.8 cm³/mol. The summed E-state index contributed by atoms with van der Waals surface area (Å²) in [6.07, 6.45) is 1.72. The van der Waals surface area contributed by atoms with Gasteiger partial charge in [0.1, 0.15) is 5.76 Å². The van der Waals surface area contributed by atoms with Crippen LogP contribution in [0.5, 0.6) is 0 Å². The van der Waals surface area contributed by atoms with Crippen molar-refractivity contribution in [1.82, 2.24) is 9.88 Å². The van der Waals surface area contributed by atoms with Crippen molar-refractivity contribution in [3.8, 4) is 11.5 Å². The van der Waals surface area contributed by atoms with E-state index in [-0.39, 0.29) is 12.3 Å².